The Bertz CT molecular complexity index is 348. The van der Waals surface area contributed by atoms with Crippen LogP contribution in [0.15, 0.2) is 11.1 Å². The van der Waals surface area contributed by atoms with E-state index >= 15 is 0 Å². The molecule has 0 radical (unpaired) electrons. The lowest BCUT2D eigenvalue weighted by Crippen LogP contribution is -2.36. The number of carboxylic acid groups (broad SMARTS) is 2. The van der Waals surface area contributed by atoms with Crippen molar-refractivity contribution in [2.45, 2.75) is 32.6 Å². The molecule has 0 aromatic rings. The minimum absolute atomic E-state index is 0.219. The number of alkyl halides is 1. The van der Waals surface area contributed by atoms with E-state index in [-0.39, 0.29) is 17.9 Å². The van der Waals surface area contributed by atoms with E-state index in [0.717, 1.165) is 0 Å². The van der Waals surface area contributed by atoms with E-state index in [0.29, 0.717) is 24.8 Å². The standard InChI is InChI=1S/C11H15ClO4/c1-7-8(9(13)14)3-2-4-11(7,5-6-12)10(15)16/h2-6H2,1H3,(H,13,14)(H,15,16). The van der Waals surface area contributed by atoms with E-state index in [4.69, 9.17) is 16.7 Å². The maximum Gasteiger partial charge on any atom is 0.331 e. The van der Waals surface area contributed by atoms with Gasteiger partial charge in [-0.2, -0.15) is 0 Å². The molecule has 0 aromatic carbocycles. The van der Waals surface area contributed by atoms with Crippen LogP contribution in [-0.2, 0) is 9.59 Å². The van der Waals surface area contributed by atoms with E-state index in [1.54, 1.807) is 6.92 Å². The van der Waals surface area contributed by atoms with Crippen molar-refractivity contribution in [3.05, 3.63) is 11.1 Å². The first-order valence-corrected chi connectivity index (χ1v) is 5.72. The molecule has 0 aliphatic heterocycles. The van der Waals surface area contributed by atoms with E-state index in [1.165, 1.54) is 0 Å². The van der Waals surface area contributed by atoms with Gasteiger partial charge in [-0.05, 0) is 38.2 Å². The smallest absolute Gasteiger partial charge is 0.331 e. The highest BCUT2D eigenvalue weighted by atomic mass is 35.5. The third-order valence-electron chi connectivity index (χ3n) is 3.39. The molecule has 0 amide bonds. The van der Waals surface area contributed by atoms with Crippen LogP contribution in [0.4, 0.5) is 0 Å². The summed E-state index contributed by atoms with van der Waals surface area (Å²) in [6, 6.07) is 0. The summed E-state index contributed by atoms with van der Waals surface area (Å²) >= 11 is 5.63. The molecule has 0 bridgehead atoms. The number of rotatable bonds is 4. The van der Waals surface area contributed by atoms with Gasteiger partial charge in [0.25, 0.3) is 0 Å². The molecule has 1 atom stereocenters. The lowest BCUT2D eigenvalue weighted by Gasteiger charge is -2.34. The summed E-state index contributed by atoms with van der Waals surface area (Å²) in [7, 11) is 0. The summed E-state index contributed by atoms with van der Waals surface area (Å²) in [6.45, 7) is 1.60. The maximum absolute atomic E-state index is 11.4. The molecule has 0 fully saturated rings. The molecule has 90 valence electrons. The van der Waals surface area contributed by atoms with E-state index in [9.17, 15) is 14.7 Å². The summed E-state index contributed by atoms with van der Waals surface area (Å²) in [5.41, 5.74) is -0.383. The maximum atomic E-state index is 11.4. The van der Waals surface area contributed by atoms with Crippen molar-refractivity contribution in [1.82, 2.24) is 0 Å². The number of aliphatic carboxylic acids is 2. The van der Waals surface area contributed by atoms with Gasteiger partial charge >= 0.3 is 11.9 Å². The topological polar surface area (TPSA) is 74.6 Å². The summed E-state index contributed by atoms with van der Waals surface area (Å²) in [4.78, 5) is 22.4. The Morgan fingerprint density at radius 3 is 2.50 bits per heavy atom. The molecule has 1 aliphatic rings. The molecule has 0 heterocycles. The molecule has 16 heavy (non-hydrogen) atoms. The zero-order chi connectivity index (χ0) is 12.3. The SMILES string of the molecule is CC1=C(C(=O)O)CCCC1(CCCl)C(=O)O. The predicted molar refractivity (Wildman–Crippen MR) is 59.6 cm³/mol. The Labute approximate surface area is 98.9 Å². The lowest BCUT2D eigenvalue weighted by molar-refractivity contribution is -0.147. The molecule has 2 N–H and O–H groups in total. The molecule has 0 spiro atoms. The van der Waals surface area contributed by atoms with Gasteiger partial charge < -0.3 is 10.2 Å². The van der Waals surface area contributed by atoms with Gasteiger partial charge in [0.15, 0.2) is 0 Å². The minimum Gasteiger partial charge on any atom is -0.481 e. The van der Waals surface area contributed by atoms with Crippen molar-refractivity contribution in [2.75, 3.05) is 5.88 Å². The number of halogens is 1. The third kappa shape index (κ3) is 2.07. The number of hydrogen-bond acceptors (Lipinski definition) is 2. The van der Waals surface area contributed by atoms with Crippen LogP contribution >= 0.6 is 11.6 Å². The summed E-state index contributed by atoms with van der Waals surface area (Å²) < 4.78 is 0. The quantitative estimate of drug-likeness (QED) is 0.747. The average molecular weight is 247 g/mol. The van der Waals surface area contributed by atoms with Crippen molar-refractivity contribution in [3.8, 4) is 0 Å². The fourth-order valence-electron chi connectivity index (χ4n) is 2.35. The first-order chi connectivity index (χ1) is 7.45. The highest BCUT2D eigenvalue weighted by Gasteiger charge is 2.43. The van der Waals surface area contributed by atoms with Gasteiger partial charge in [0, 0.05) is 11.5 Å². The summed E-state index contributed by atoms with van der Waals surface area (Å²) in [5, 5.41) is 18.3. The second-order valence-corrected chi connectivity index (χ2v) is 4.47. The highest BCUT2D eigenvalue weighted by Crippen LogP contribution is 2.44. The summed E-state index contributed by atoms with van der Waals surface area (Å²) in [5.74, 6) is -1.77. The molecule has 5 heteroatoms. The van der Waals surface area contributed by atoms with Crippen LogP contribution in [0.25, 0.3) is 0 Å². The normalized spacial score (nSPS) is 25.6. The molecule has 1 aliphatic carbocycles. The van der Waals surface area contributed by atoms with Crippen molar-refractivity contribution in [2.24, 2.45) is 5.41 Å². The fraction of sp³-hybridized carbons (Fsp3) is 0.636. The van der Waals surface area contributed by atoms with Crippen molar-refractivity contribution < 1.29 is 19.8 Å². The molecular formula is C11H15ClO4. The van der Waals surface area contributed by atoms with Crippen LogP contribution in [0.1, 0.15) is 32.6 Å². The Kier molecular flexibility index (Phi) is 3.97. The van der Waals surface area contributed by atoms with Gasteiger partial charge in [0.2, 0.25) is 0 Å². The van der Waals surface area contributed by atoms with Crippen LogP contribution < -0.4 is 0 Å². The Hall–Kier alpha value is -1.03. The second-order valence-electron chi connectivity index (χ2n) is 4.09. The molecule has 0 saturated carbocycles. The molecule has 0 aromatic heterocycles. The number of hydrogen-bond donors (Lipinski definition) is 2. The molecule has 0 saturated heterocycles. The van der Waals surface area contributed by atoms with Crippen molar-refractivity contribution in [3.63, 3.8) is 0 Å². The van der Waals surface area contributed by atoms with Crippen LogP contribution in [0.3, 0.4) is 0 Å². The molecule has 1 rings (SSSR count). The zero-order valence-electron chi connectivity index (χ0n) is 9.12. The van der Waals surface area contributed by atoms with Crippen LogP contribution in [0, 0.1) is 5.41 Å². The zero-order valence-corrected chi connectivity index (χ0v) is 9.88. The van der Waals surface area contributed by atoms with E-state index in [1.807, 2.05) is 0 Å². The third-order valence-corrected chi connectivity index (χ3v) is 3.58. The Balaban J connectivity index is 3.23. The Morgan fingerprint density at radius 1 is 1.44 bits per heavy atom. The second kappa shape index (κ2) is 4.87. The first kappa shape index (κ1) is 13.0. The first-order valence-electron chi connectivity index (χ1n) is 5.18. The number of carbonyl (C=O) groups is 2. The largest absolute Gasteiger partial charge is 0.481 e. The molecule has 4 nitrogen and oxygen atoms in total. The van der Waals surface area contributed by atoms with Crippen LogP contribution in [0.5, 0.6) is 0 Å². The minimum atomic E-state index is -1.08. The Morgan fingerprint density at radius 2 is 2.06 bits per heavy atom. The average Bonchev–Trinajstić information content (AvgIpc) is 2.20. The van der Waals surface area contributed by atoms with Gasteiger partial charge in [0.1, 0.15) is 0 Å². The van der Waals surface area contributed by atoms with E-state index in [2.05, 4.69) is 0 Å². The van der Waals surface area contributed by atoms with Crippen LogP contribution in [0.2, 0.25) is 0 Å². The van der Waals surface area contributed by atoms with Gasteiger partial charge in [0.05, 0.1) is 5.41 Å². The lowest BCUT2D eigenvalue weighted by atomic mass is 9.68. The van der Waals surface area contributed by atoms with Crippen molar-refractivity contribution >= 4 is 23.5 Å². The van der Waals surface area contributed by atoms with Gasteiger partial charge in [-0.15, -0.1) is 11.6 Å². The highest BCUT2D eigenvalue weighted by molar-refractivity contribution is 6.18. The fourth-order valence-corrected chi connectivity index (χ4v) is 2.67. The van der Waals surface area contributed by atoms with Crippen LogP contribution in [-0.4, -0.2) is 28.0 Å². The van der Waals surface area contributed by atoms with E-state index < -0.39 is 17.4 Å². The van der Waals surface area contributed by atoms with Gasteiger partial charge in [-0.1, -0.05) is 0 Å². The molecule has 1 unspecified atom stereocenters. The predicted octanol–water partition coefficient (Wildman–Crippen LogP) is 2.27. The van der Waals surface area contributed by atoms with Crippen molar-refractivity contribution in [1.29, 1.82) is 0 Å². The summed E-state index contributed by atoms with van der Waals surface area (Å²) in [6.07, 6.45) is 1.78. The monoisotopic (exact) mass is 246 g/mol. The van der Waals surface area contributed by atoms with Gasteiger partial charge in [-0.25, -0.2) is 4.79 Å². The molecular weight excluding hydrogens is 232 g/mol. The van der Waals surface area contributed by atoms with Gasteiger partial charge in [-0.3, -0.25) is 4.79 Å². The number of carboxylic acids is 2.